The molecule has 2 aromatic carbocycles. The normalized spacial score (nSPS) is 14.9. The molecule has 5 N–H and O–H groups in total. The van der Waals surface area contributed by atoms with Crippen LogP contribution < -0.4 is 11.1 Å². The molecule has 7 rings (SSSR count). The number of aromatic nitrogens is 6. The van der Waals surface area contributed by atoms with E-state index in [1.807, 2.05) is 18.2 Å². The lowest BCUT2D eigenvalue weighted by Gasteiger charge is -2.20. The number of aromatic amines is 2. The molecule has 13 heteroatoms. The molecule has 0 aliphatic heterocycles. The summed E-state index contributed by atoms with van der Waals surface area (Å²) in [5.41, 5.74) is 11.6. The Morgan fingerprint density at radius 3 is 2.65 bits per heavy atom. The van der Waals surface area contributed by atoms with E-state index in [9.17, 15) is 17.6 Å². The van der Waals surface area contributed by atoms with Crippen LogP contribution in [0.25, 0.3) is 55.8 Å². The van der Waals surface area contributed by atoms with Crippen LogP contribution in [0.15, 0.2) is 67.1 Å². The zero-order valence-electron chi connectivity index (χ0n) is 24.9. The quantitative estimate of drug-likeness (QED) is 0.168. The third-order valence-corrected chi connectivity index (χ3v) is 9.68. The third-order valence-electron chi connectivity index (χ3n) is 8.48. The zero-order valence-corrected chi connectivity index (χ0v) is 25.7. The predicted octanol–water partition coefficient (Wildman–Crippen LogP) is 5.89. The number of nitrogens with zero attached hydrogens (tertiary/aromatic N) is 4. The minimum Gasteiger partial charge on any atom is -0.337 e. The van der Waals surface area contributed by atoms with Gasteiger partial charge in [0.2, 0.25) is 5.91 Å². The Balaban J connectivity index is 1.23. The largest absolute Gasteiger partial charge is 0.337 e. The summed E-state index contributed by atoms with van der Waals surface area (Å²) < 4.78 is 38.8. The Morgan fingerprint density at radius 2 is 1.85 bits per heavy atom. The summed E-state index contributed by atoms with van der Waals surface area (Å²) in [5, 5.41) is 9.93. The maximum atomic E-state index is 14.7. The number of hydrogen-bond donors (Lipinski definition) is 4. The summed E-state index contributed by atoms with van der Waals surface area (Å²) in [4.78, 5) is 29.9. The van der Waals surface area contributed by atoms with Crippen molar-refractivity contribution in [3.05, 3.63) is 78.5 Å². The van der Waals surface area contributed by atoms with Crippen LogP contribution in [-0.2, 0) is 14.6 Å². The molecule has 6 aromatic rings. The fourth-order valence-electron chi connectivity index (χ4n) is 6.07. The van der Waals surface area contributed by atoms with Gasteiger partial charge in [-0.05, 0) is 60.4 Å². The van der Waals surface area contributed by atoms with Gasteiger partial charge in [-0.2, -0.15) is 5.10 Å². The van der Waals surface area contributed by atoms with E-state index in [0.717, 1.165) is 49.0 Å². The Bertz CT molecular complexity index is 2220. The maximum absolute atomic E-state index is 14.7. The van der Waals surface area contributed by atoms with Gasteiger partial charge in [-0.1, -0.05) is 31.4 Å². The number of H-pyrrole nitrogens is 2. The van der Waals surface area contributed by atoms with Crippen LogP contribution in [0.2, 0.25) is 0 Å². The van der Waals surface area contributed by atoms with E-state index in [2.05, 4.69) is 30.5 Å². The second kappa shape index (κ2) is 11.7. The molecule has 1 aliphatic rings. The number of carbonyl (C=O) groups excluding carboxylic acids is 1. The molecular formula is C33H31FN8O3S. The fourth-order valence-corrected chi connectivity index (χ4v) is 6.70. The van der Waals surface area contributed by atoms with Crippen molar-refractivity contribution in [2.75, 3.05) is 11.6 Å². The van der Waals surface area contributed by atoms with Crippen molar-refractivity contribution >= 4 is 43.4 Å². The number of fused-ring (bicyclic) bond motifs is 2. The van der Waals surface area contributed by atoms with E-state index in [1.54, 1.807) is 36.8 Å². The molecule has 1 aliphatic carbocycles. The van der Waals surface area contributed by atoms with Gasteiger partial charge < -0.3 is 16.0 Å². The Kier molecular flexibility index (Phi) is 7.57. The number of nitrogens with two attached hydrogens (primary N) is 1. The van der Waals surface area contributed by atoms with Crippen LogP contribution in [-0.4, -0.2) is 50.7 Å². The lowest BCUT2D eigenvalue weighted by atomic mass is 9.88. The van der Waals surface area contributed by atoms with Gasteiger partial charge in [-0.3, -0.25) is 19.9 Å². The summed E-state index contributed by atoms with van der Waals surface area (Å²) in [6, 6.07) is 13.2. The number of amides is 1. The van der Waals surface area contributed by atoms with E-state index in [1.165, 1.54) is 12.5 Å². The Hall–Kier alpha value is -5.01. The van der Waals surface area contributed by atoms with Crippen molar-refractivity contribution in [2.24, 2.45) is 11.7 Å². The van der Waals surface area contributed by atoms with Gasteiger partial charge in [0.05, 0.1) is 40.3 Å². The number of nitrogens with one attached hydrogen (secondary N) is 3. The first-order valence-corrected chi connectivity index (χ1v) is 16.9. The molecule has 4 aromatic heterocycles. The molecule has 0 radical (unpaired) electrons. The first-order valence-electron chi connectivity index (χ1n) is 15.0. The summed E-state index contributed by atoms with van der Waals surface area (Å²) >= 11 is 0. The van der Waals surface area contributed by atoms with E-state index < -0.39 is 21.0 Å². The smallest absolute Gasteiger partial charge is 0.227 e. The summed E-state index contributed by atoms with van der Waals surface area (Å²) in [6.07, 6.45) is 11.2. The molecule has 1 saturated carbocycles. The van der Waals surface area contributed by atoms with Gasteiger partial charge in [-0.15, -0.1) is 0 Å². The number of imidazole rings is 1. The molecule has 4 heterocycles. The molecule has 1 amide bonds. The SMILES string of the molecule is CS(=O)(=O)C(N)c1cc(F)cc(-c2cccc3[nH]c(-c4n[nH]c5cnc(-c6cncc(NC(=O)C7CCCCC7)c6)cc45)nc23)c1. The highest BCUT2D eigenvalue weighted by atomic mass is 32.2. The van der Waals surface area contributed by atoms with Gasteiger partial charge in [0.15, 0.2) is 15.7 Å². The van der Waals surface area contributed by atoms with E-state index >= 15 is 0 Å². The lowest BCUT2D eigenvalue weighted by molar-refractivity contribution is -0.120. The summed E-state index contributed by atoms with van der Waals surface area (Å²) in [7, 11) is -3.65. The number of pyridine rings is 2. The third kappa shape index (κ3) is 5.74. The van der Waals surface area contributed by atoms with Gasteiger partial charge >= 0.3 is 0 Å². The molecule has 46 heavy (non-hydrogen) atoms. The fraction of sp³-hybridized carbons (Fsp3) is 0.242. The van der Waals surface area contributed by atoms with Crippen molar-refractivity contribution in [1.82, 2.24) is 30.1 Å². The van der Waals surface area contributed by atoms with Crippen LogP contribution in [0, 0.1) is 11.7 Å². The second-order valence-corrected chi connectivity index (χ2v) is 14.0. The van der Waals surface area contributed by atoms with Crippen molar-refractivity contribution in [2.45, 2.75) is 37.5 Å². The van der Waals surface area contributed by atoms with Crippen LogP contribution in [0.1, 0.15) is 43.0 Å². The molecular weight excluding hydrogens is 607 g/mol. The molecule has 11 nitrogen and oxygen atoms in total. The number of carbonyl (C=O) groups is 1. The van der Waals surface area contributed by atoms with Gasteiger partial charge in [-0.25, -0.2) is 17.8 Å². The van der Waals surface area contributed by atoms with Crippen molar-refractivity contribution < 1.29 is 17.6 Å². The average molecular weight is 639 g/mol. The average Bonchev–Trinajstić information content (AvgIpc) is 3.68. The van der Waals surface area contributed by atoms with Crippen molar-refractivity contribution in [3.63, 3.8) is 0 Å². The monoisotopic (exact) mass is 638 g/mol. The highest BCUT2D eigenvalue weighted by Crippen LogP contribution is 2.34. The molecule has 1 atom stereocenters. The zero-order chi connectivity index (χ0) is 32.0. The molecule has 0 saturated heterocycles. The summed E-state index contributed by atoms with van der Waals surface area (Å²) in [5.74, 6) is -0.0828. The molecule has 0 bridgehead atoms. The van der Waals surface area contributed by atoms with Crippen LogP contribution in [0.4, 0.5) is 10.1 Å². The first-order chi connectivity index (χ1) is 22.1. The van der Waals surface area contributed by atoms with Crippen LogP contribution in [0.5, 0.6) is 0 Å². The topological polar surface area (TPSA) is 172 Å². The molecule has 1 fully saturated rings. The molecule has 0 spiro atoms. The van der Waals surface area contributed by atoms with Gasteiger partial charge in [0, 0.05) is 34.9 Å². The van der Waals surface area contributed by atoms with E-state index in [-0.39, 0.29) is 17.4 Å². The Morgan fingerprint density at radius 1 is 1.02 bits per heavy atom. The van der Waals surface area contributed by atoms with E-state index in [0.29, 0.717) is 50.6 Å². The number of para-hydroxylation sites is 1. The lowest BCUT2D eigenvalue weighted by Crippen LogP contribution is -2.24. The van der Waals surface area contributed by atoms with Gasteiger partial charge in [0.25, 0.3) is 0 Å². The predicted molar refractivity (Wildman–Crippen MR) is 175 cm³/mol. The molecule has 1 unspecified atom stereocenters. The second-order valence-electron chi connectivity index (χ2n) is 11.8. The Labute approximate surface area is 263 Å². The minimum atomic E-state index is -3.65. The maximum Gasteiger partial charge on any atom is 0.227 e. The number of rotatable bonds is 7. The highest BCUT2D eigenvalue weighted by Gasteiger charge is 2.23. The standard InChI is InChI=1S/C33H31FN8O3S/c1-46(44,45)31(35)20-10-19(11-22(34)12-20)24-8-5-9-26-29(24)40-32(39-26)30-25-14-27(37-17-28(25)41-42-30)21-13-23(16-36-15-21)38-33(43)18-6-3-2-4-7-18/h5,8-18,31H,2-4,6-7,35H2,1H3,(H,38,43)(H,39,40)(H,41,42). The van der Waals surface area contributed by atoms with E-state index in [4.69, 9.17) is 10.7 Å². The summed E-state index contributed by atoms with van der Waals surface area (Å²) in [6.45, 7) is 0. The van der Waals surface area contributed by atoms with Crippen molar-refractivity contribution in [1.29, 1.82) is 0 Å². The number of benzene rings is 2. The van der Waals surface area contributed by atoms with Gasteiger partial charge in [0.1, 0.15) is 16.9 Å². The number of sulfone groups is 1. The number of hydrogen-bond acceptors (Lipinski definition) is 8. The highest BCUT2D eigenvalue weighted by molar-refractivity contribution is 7.90. The first kappa shape index (κ1) is 29.7. The van der Waals surface area contributed by atoms with Crippen LogP contribution >= 0.6 is 0 Å². The number of anilines is 1. The minimum absolute atomic E-state index is 0.0242. The molecule has 234 valence electrons. The van der Waals surface area contributed by atoms with Crippen molar-refractivity contribution in [3.8, 4) is 33.9 Å². The number of halogens is 1. The van der Waals surface area contributed by atoms with Crippen LogP contribution in [0.3, 0.4) is 0 Å².